The minimum atomic E-state index is -0.732. The third-order valence-corrected chi connectivity index (χ3v) is 4.38. The molecule has 0 aliphatic rings. The van der Waals surface area contributed by atoms with Crippen molar-refractivity contribution in [3.63, 3.8) is 0 Å². The third kappa shape index (κ3) is 4.53. The van der Waals surface area contributed by atoms with Gasteiger partial charge in [0.25, 0.3) is 0 Å². The van der Waals surface area contributed by atoms with E-state index in [1.165, 1.54) is 23.8 Å². The van der Waals surface area contributed by atoms with Crippen LogP contribution in [0.4, 0.5) is 4.79 Å². The first kappa shape index (κ1) is 18.8. The van der Waals surface area contributed by atoms with Crippen molar-refractivity contribution in [2.24, 2.45) is 0 Å². The number of ether oxygens (including phenoxy) is 3. The maximum atomic E-state index is 11.4. The Hall–Kier alpha value is -2.49. The average Bonchev–Trinajstić information content (AvgIpc) is 2.61. The van der Waals surface area contributed by atoms with E-state index < -0.39 is 6.16 Å². The molecule has 0 spiro atoms. The summed E-state index contributed by atoms with van der Waals surface area (Å²) in [5.74, 6) is 1.34. The predicted molar refractivity (Wildman–Crippen MR) is 98.5 cm³/mol. The lowest BCUT2D eigenvalue weighted by Crippen LogP contribution is -2.11. The fourth-order valence-electron chi connectivity index (χ4n) is 2.81. The summed E-state index contributed by atoms with van der Waals surface area (Å²) >= 11 is 0. The molecule has 0 radical (unpaired) electrons. The van der Waals surface area contributed by atoms with Gasteiger partial charge in [0.15, 0.2) is 0 Å². The van der Waals surface area contributed by atoms with Crippen LogP contribution >= 0.6 is 0 Å². The lowest BCUT2D eigenvalue weighted by Gasteiger charge is -2.16. The van der Waals surface area contributed by atoms with Gasteiger partial charge >= 0.3 is 6.16 Å². The maximum absolute atomic E-state index is 11.4. The topological polar surface area (TPSA) is 44.8 Å². The quantitative estimate of drug-likeness (QED) is 0.538. The summed E-state index contributed by atoms with van der Waals surface area (Å²) in [6, 6.07) is 9.86. The second-order valence-corrected chi connectivity index (χ2v) is 5.99. The number of aryl methyl sites for hydroxylation is 4. The number of carbonyl (C=O) groups excluding carboxylic acids is 1. The van der Waals surface area contributed by atoms with Gasteiger partial charge in [-0.15, -0.1) is 0 Å². The van der Waals surface area contributed by atoms with Gasteiger partial charge < -0.3 is 14.2 Å². The van der Waals surface area contributed by atoms with Crippen LogP contribution in [0.5, 0.6) is 11.5 Å². The molecule has 2 aromatic carbocycles. The Bertz CT molecular complexity index is 750. The molecule has 134 valence electrons. The van der Waals surface area contributed by atoms with E-state index in [1.807, 2.05) is 19.1 Å². The Morgan fingerprint density at radius 1 is 0.960 bits per heavy atom. The highest BCUT2D eigenvalue weighted by Crippen LogP contribution is 2.28. The fourth-order valence-corrected chi connectivity index (χ4v) is 2.81. The monoisotopic (exact) mass is 342 g/mol. The standard InChI is InChI=1S/C21H26O4/c1-6-16-12-17(7-2)20(11-15(16)4)24-13-18-14(3)9-8-10-19(18)25-21(22)23-5/h8-12H,6-7,13H2,1-5H3. The molecule has 25 heavy (non-hydrogen) atoms. The van der Waals surface area contributed by atoms with Gasteiger partial charge in [0.1, 0.15) is 18.1 Å². The number of hydrogen-bond donors (Lipinski definition) is 0. The van der Waals surface area contributed by atoms with Crippen LogP contribution in [0.15, 0.2) is 30.3 Å². The summed E-state index contributed by atoms with van der Waals surface area (Å²) in [5.41, 5.74) is 5.60. The number of hydrogen-bond acceptors (Lipinski definition) is 4. The van der Waals surface area contributed by atoms with Gasteiger partial charge in [-0.3, -0.25) is 0 Å². The van der Waals surface area contributed by atoms with Crippen LogP contribution in [0, 0.1) is 13.8 Å². The Kier molecular flexibility index (Phi) is 6.45. The summed E-state index contributed by atoms with van der Waals surface area (Å²) in [6.07, 6.45) is 1.18. The molecule has 0 unspecified atom stereocenters. The molecule has 0 saturated heterocycles. The van der Waals surface area contributed by atoms with Crippen LogP contribution in [0.1, 0.15) is 41.7 Å². The molecule has 0 aromatic heterocycles. The molecular formula is C21H26O4. The van der Waals surface area contributed by atoms with E-state index >= 15 is 0 Å². The molecule has 0 N–H and O–H groups in total. The number of carbonyl (C=O) groups is 1. The van der Waals surface area contributed by atoms with Crippen LogP contribution in [0.25, 0.3) is 0 Å². The largest absolute Gasteiger partial charge is 0.513 e. The highest BCUT2D eigenvalue weighted by atomic mass is 16.7. The molecule has 0 heterocycles. The maximum Gasteiger partial charge on any atom is 0.513 e. The van der Waals surface area contributed by atoms with Crippen LogP contribution in [-0.4, -0.2) is 13.3 Å². The minimum absolute atomic E-state index is 0.330. The molecule has 0 aliphatic heterocycles. The zero-order valence-corrected chi connectivity index (χ0v) is 15.6. The van der Waals surface area contributed by atoms with Crippen molar-refractivity contribution in [2.75, 3.05) is 7.11 Å². The molecule has 0 atom stereocenters. The van der Waals surface area contributed by atoms with Crippen molar-refractivity contribution < 1.29 is 19.0 Å². The van der Waals surface area contributed by atoms with Crippen molar-refractivity contribution in [3.05, 3.63) is 58.1 Å². The van der Waals surface area contributed by atoms with Gasteiger partial charge in [-0.25, -0.2) is 4.79 Å². The molecule has 4 nitrogen and oxygen atoms in total. The average molecular weight is 342 g/mol. The second-order valence-electron chi connectivity index (χ2n) is 5.99. The smallest absolute Gasteiger partial charge is 0.488 e. The molecule has 0 bridgehead atoms. The van der Waals surface area contributed by atoms with Gasteiger partial charge in [-0.2, -0.15) is 0 Å². The first-order valence-electron chi connectivity index (χ1n) is 8.59. The first-order chi connectivity index (χ1) is 12.0. The van der Waals surface area contributed by atoms with Crippen LogP contribution in [0.2, 0.25) is 0 Å². The van der Waals surface area contributed by atoms with E-state index in [1.54, 1.807) is 6.07 Å². The predicted octanol–water partition coefficient (Wildman–Crippen LogP) is 5.15. The van der Waals surface area contributed by atoms with Crippen LogP contribution < -0.4 is 9.47 Å². The van der Waals surface area contributed by atoms with Gasteiger partial charge in [0.2, 0.25) is 0 Å². The highest BCUT2D eigenvalue weighted by molar-refractivity contribution is 5.64. The summed E-state index contributed by atoms with van der Waals surface area (Å²) in [5, 5.41) is 0. The third-order valence-electron chi connectivity index (χ3n) is 4.38. The van der Waals surface area contributed by atoms with Gasteiger partial charge in [0, 0.05) is 5.56 Å². The summed E-state index contributed by atoms with van der Waals surface area (Å²) in [7, 11) is 1.29. The Balaban J connectivity index is 2.27. The number of rotatable bonds is 6. The summed E-state index contributed by atoms with van der Waals surface area (Å²) < 4.78 is 15.9. The van der Waals surface area contributed by atoms with Crippen molar-refractivity contribution in [2.45, 2.75) is 47.1 Å². The Morgan fingerprint density at radius 2 is 1.68 bits per heavy atom. The van der Waals surface area contributed by atoms with Crippen LogP contribution in [-0.2, 0) is 24.2 Å². The summed E-state index contributed by atoms with van der Waals surface area (Å²) in [4.78, 5) is 11.4. The summed E-state index contributed by atoms with van der Waals surface area (Å²) in [6.45, 7) is 8.68. The molecule has 0 fully saturated rings. The fraction of sp³-hybridized carbons (Fsp3) is 0.381. The molecule has 2 aromatic rings. The second kappa shape index (κ2) is 8.56. The zero-order valence-electron chi connectivity index (χ0n) is 15.6. The van der Waals surface area contributed by atoms with Crippen LogP contribution in [0.3, 0.4) is 0 Å². The van der Waals surface area contributed by atoms with Crippen molar-refractivity contribution in [1.29, 1.82) is 0 Å². The SMILES string of the molecule is CCc1cc(CC)c(OCc2c(C)cccc2OC(=O)OC)cc1C. The highest BCUT2D eigenvalue weighted by Gasteiger charge is 2.14. The number of benzene rings is 2. The lowest BCUT2D eigenvalue weighted by molar-refractivity contribution is 0.120. The normalized spacial score (nSPS) is 10.4. The van der Waals surface area contributed by atoms with Crippen molar-refractivity contribution in [1.82, 2.24) is 0 Å². The molecule has 0 aliphatic carbocycles. The molecule has 0 saturated carbocycles. The van der Waals surface area contributed by atoms with E-state index in [0.717, 1.165) is 29.7 Å². The Labute approximate surface area is 149 Å². The van der Waals surface area contributed by atoms with Crippen molar-refractivity contribution >= 4 is 6.16 Å². The molecule has 2 rings (SSSR count). The van der Waals surface area contributed by atoms with Gasteiger partial charge in [0.05, 0.1) is 7.11 Å². The van der Waals surface area contributed by atoms with Crippen molar-refractivity contribution in [3.8, 4) is 11.5 Å². The molecule has 0 amide bonds. The van der Waals surface area contributed by atoms with E-state index in [0.29, 0.717) is 12.4 Å². The van der Waals surface area contributed by atoms with E-state index in [-0.39, 0.29) is 0 Å². The van der Waals surface area contributed by atoms with E-state index in [4.69, 9.17) is 9.47 Å². The zero-order chi connectivity index (χ0) is 18.4. The lowest BCUT2D eigenvalue weighted by atomic mass is 10.0. The minimum Gasteiger partial charge on any atom is -0.488 e. The van der Waals surface area contributed by atoms with Gasteiger partial charge in [-0.1, -0.05) is 32.0 Å². The number of methoxy groups -OCH3 is 1. The Morgan fingerprint density at radius 3 is 2.32 bits per heavy atom. The van der Waals surface area contributed by atoms with E-state index in [9.17, 15) is 4.79 Å². The van der Waals surface area contributed by atoms with Gasteiger partial charge in [-0.05, 0) is 61.1 Å². The van der Waals surface area contributed by atoms with E-state index in [2.05, 4.69) is 37.6 Å². The molecule has 4 heteroatoms. The first-order valence-corrected chi connectivity index (χ1v) is 8.59. The molecular weight excluding hydrogens is 316 g/mol.